The van der Waals surface area contributed by atoms with Gasteiger partial charge in [-0.1, -0.05) is 41.1 Å². The van der Waals surface area contributed by atoms with Gasteiger partial charge in [0.05, 0.1) is 5.92 Å². The van der Waals surface area contributed by atoms with Crippen LogP contribution < -0.4 is 5.32 Å². The molecule has 1 atom stereocenters. The lowest BCUT2D eigenvalue weighted by molar-refractivity contribution is -0.141. The number of hydrogen-bond acceptors (Lipinski definition) is 2. The number of nitrogens with one attached hydrogen (secondary N) is 1. The lowest BCUT2D eigenvalue weighted by Crippen LogP contribution is -2.30. The summed E-state index contributed by atoms with van der Waals surface area (Å²) < 4.78 is 0.896. The monoisotopic (exact) mass is 311 g/mol. The summed E-state index contributed by atoms with van der Waals surface area (Å²) in [5, 5.41) is 11.2. The van der Waals surface area contributed by atoms with E-state index in [1.54, 1.807) is 13.0 Å². The Balaban J connectivity index is 2.50. The number of carboxylic acid groups (broad SMARTS) is 1. The number of rotatable bonds is 5. The predicted octanol–water partition coefficient (Wildman–Crippen LogP) is 2.30. The molecular formula is C13H14BrNO3. The van der Waals surface area contributed by atoms with E-state index < -0.39 is 11.9 Å². The van der Waals surface area contributed by atoms with Gasteiger partial charge in [-0.15, -0.1) is 0 Å². The first-order valence-corrected chi connectivity index (χ1v) is 6.23. The zero-order valence-electron chi connectivity index (χ0n) is 9.89. The van der Waals surface area contributed by atoms with E-state index in [1.807, 2.05) is 24.3 Å². The van der Waals surface area contributed by atoms with Gasteiger partial charge in [-0.25, -0.2) is 0 Å². The minimum absolute atomic E-state index is 0.120. The minimum atomic E-state index is -0.926. The molecule has 96 valence electrons. The van der Waals surface area contributed by atoms with Crippen LogP contribution in [0.3, 0.4) is 0 Å². The highest BCUT2D eigenvalue weighted by Crippen LogP contribution is 2.16. The molecule has 1 unspecified atom stereocenters. The second-order valence-electron chi connectivity index (χ2n) is 3.84. The van der Waals surface area contributed by atoms with Crippen LogP contribution in [0.2, 0.25) is 0 Å². The van der Waals surface area contributed by atoms with Crippen LogP contribution in [0.4, 0.5) is 0 Å². The van der Waals surface area contributed by atoms with E-state index in [9.17, 15) is 9.59 Å². The zero-order valence-corrected chi connectivity index (χ0v) is 11.5. The largest absolute Gasteiger partial charge is 0.481 e. The zero-order chi connectivity index (χ0) is 13.5. The van der Waals surface area contributed by atoms with Crippen molar-refractivity contribution in [1.29, 1.82) is 0 Å². The Bertz CT molecular complexity index is 471. The molecule has 2 N–H and O–H groups in total. The lowest BCUT2D eigenvalue weighted by atomic mass is 10.2. The van der Waals surface area contributed by atoms with Gasteiger partial charge in [0, 0.05) is 17.1 Å². The van der Waals surface area contributed by atoms with Gasteiger partial charge < -0.3 is 10.4 Å². The van der Waals surface area contributed by atoms with E-state index in [2.05, 4.69) is 21.2 Å². The number of carbonyl (C=O) groups excluding carboxylic acids is 1. The van der Waals surface area contributed by atoms with Crippen LogP contribution in [0.15, 0.2) is 34.8 Å². The molecule has 0 bridgehead atoms. The van der Waals surface area contributed by atoms with Crippen molar-refractivity contribution >= 4 is 33.9 Å². The minimum Gasteiger partial charge on any atom is -0.481 e. The standard InChI is InChI=1S/C13H14BrNO3/c1-9(13(17)18)8-15-12(16)7-6-10-4-2-3-5-11(10)14/h2-7,9H,8H2,1H3,(H,15,16)(H,17,18). The van der Waals surface area contributed by atoms with Gasteiger partial charge in [0.1, 0.15) is 0 Å². The molecule has 0 spiro atoms. The maximum absolute atomic E-state index is 11.4. The Morgan fingerprint density at radius 2 is 2.11 bits per heavy atom. The van der Waals surface area contributed by atoms with Crippen molar-refractivity contribution in [1.82, 2.24) is 5.32 Å². The number of hydrogen-bond donors (Lipinski definition) is 2. The van der Waals surface area contributed by atoms with E-state index in [1.165, 1.54) is 6.08 Å². The fourth-order valence-corrected chi connectivity index (χ4v) is 1.59. The first kappa shape index (κ1) is 14.4. The first-order chi connectivity index (χ1) is 8.50. The maximum Gasteiger partial charge on any atom is 0.308 e. The molecule has 1 aromatic rings. The van der Waals surface area contributed by atoms with Gasteiger partial charge in [0.2, 0.25) is 5.91 Å². The normalized spacial score (nSPS) is 12.3. The lowest BCUT2D eigenvalue weighted by Gasteiger charge is -2.05. The van der Waals surface area contributed by atoms with Gasteiger partial charge in [0.25, 0.3) is 0 Å². The molecule has 1 rings (SSSR count). The van der Waals surface area contributed by atoms with Crippen LogP contribution in [-0.2, 0) is 9.59 Å². The number of carbonyl (C=O) groups is 2. The van der Waals surface area contributed by atoms with Crippen LogP contribution in [0, 0.1) is 5.92 Å². The van der Waals surface area contributed by atoms with Crippen LogP contribution in [0.25, 0.3) is 6.08 Å². The third kappa shape index (κ3) is 4.71. The van der Waals surface area contributed by atoms with E-state index >= 15 is 0 Å². The third-order valence-electron chi connectivity index (χ3n) is 2.32. The number of amides is 1. The van der Waals surface area contributed by atoms with Crippen LogP contribution in [0.5, 0.6) is 0 Å². The summed E-state index contributed by atoms with van der Waals surface area (Å²) >= 11 is 3.37. The SMILES string of the molecule is CC(CNC(=O)C=Cc1ccccc1Br)C(=O)O. The molecule has 0 aliphatic heterocycles. The van der Waals surface area contributed by atoms with Crippen molar-refractivity contribution in [2.45, 2.75) is 6.92 Å². The molecule has 0 fully saturated rings. The molecule has 0 saturated heterocycles. The molecule has 0 saturated carbocycles. The number of aliphatic carboxylic acids is 1. The van der Waals surface area contributed by atoms with Crippen molar-refractivity contribution in [2.24, 2.45) is 5.92 Å². The molecule has 0 radical (unpaired) electrons. The summed E-state index contributed by atoms with van der Waals surface area (Å²) in [6.07, 6.45) is 3.06. The van der Waals surface area contributed by atoms with Crippen molar-refractivity contribution in [2.75, 3.05) is 6.54 Å². The van der Waals surface area contributed by atoms with Crippen LogP contribution in [0.1, 0.15) is 12.5 Å². The molecule has 18 heavy (non-hydrogen) atoms. The molecular weight excluding hydrogens is 298 g/mol. The van der Waals surface area contributed by atoms with Crippen molar-refractivity contribution in [3.8, 4) is 0 Å². The summed E-state index contributed by atoms with van der Waals surface area (Å²) in [5.74, 6) is -1.82. The van der Waals surface area contributed by atoms with E-state index in [0.717, 1.165) is 10.0 Å². The van der Waals surface area contributed by atoms with Crippen LogP contribution >= 0.6 is 15.9 Å². The quantitative estimate of drug-likeness (QED) is 0.820. The predicted molar refractivity (Wildman–Crippen MR) is 73.0 cm³/mol. The maximum atomic E-state index is 11.4. The van der Waals surface area contributed by atoms with Crippen molar-refractivity contribution < 1.29 is 14.7 Å². The molecule has 0 aromatic heterocycles. The van der Waals surface area contributed by atoms with Gasteiger partial charge in [-0.3, -0.25) is 9.59 Å². The summed E-state index contributed by atoms with van der Waals surface area (Å²) in [7, 11) is 0. The Hall–Kier alpha value is -1.62. The molecule has 5 heteroatoms. The molecule has 1 aromatic carbocycles. The average molecular weight is 312 g/mol. The van der Waals surface area contributed by atoms with E-state index in [0.29, 0.717) is 0 Å². The van der Waals surface area contributed by atoms with Gasteiger partial charge in [0.15, 0.2) is 0 Å². The second-order valence-corrected chi connectivity index (χ2v) is 4.69. The highest BCUT2D eigenvalue weighted by molar-refractivity contribution is 9.10. The molecule has 0 aliphatic carbocycles. The number of carboxylic acids is 1. The van der Waals surface area contributed by atoms with E-state index in [4.69, 9.17) is 5.11 Å². The Labute approximate surface area is 114 Å². The van der Waals surface area contributed by atoms with Gasteiger partial charge in [-0.05, 0) is 17.7 Å². The molecule has 0 aliphatic rings. The molecule has 1 amide bonds. The molecule has 0 heterocycles. The Morgan fingerprint density at radius 3 is 2.72 bits per heavy atom. The van der Waals surface area contributed by atoms with Crippen LogP contribution in [-0.4, -0.2) is 23.5 Å². The molecule has 4 nitrogen and oxygen atoms in total. The summed E-state index contributed by atoms with van der Waals surface area (Å²) in [6.45, 7) is 1.66. The van der Waals surface area contributed by atoms with Gasteiger partial charge in [-0.2, -0.15) is 0 Å². The third-order valence-corrected chi connectivity index (χ3v) is 3.05. The Kier molecular flexibility index (Phi) is 5.58. The van der Waals surface area contributed by atoms with Crippen molar-refractivity contribution in [3.05, 3.63) is 40.4 Å². The highest BCUT2D eigenvalue weighted by atomic mass is 79.9. The summed E-state index contributed by atoms with van der Waals surface area (Å²) in [5.41, 5.74) is 0.888. The smallest absolute Gasteiger partial charge is 0.308 e. The highest BCUT2D eigenvalue weighted by Gasteiger charge is 2.10. The fourth-order valence-electron chi connectivity index (χ4n) is 1.18. The van der Waals surface area contributed by atoms with E-state index in [-0.39, 0.29) is 12.5 Å². The van der Waals surface area contributed by atoms with Gasteiger partial charge >= 0.3 is 5.97 Å². The second kappa shape index (κ2) is 6.96. The summed E-state index contributed by atoms with van der Waals surface area (Å²) in [6, 6.07) is 7.50. The topological polar surface area (TPSA) is 66.4 Å². The fraction of sp³-hybridized carbons (Fsp3) is 0.231. The average Bonchev–Trinajstić information content (AvgIpc) is 2.34. The first-order valence-electron chi connectivity index (χ1n) is 5.44. The van der Waals surface area contributed by atoms with Crippen molar-refractivity contribution in [3.63, 3.8) is 0 Å². The summed E-state index contributed by atoms with van der Waals surface area (Å²) in [4.78, 5) is 22.0. The number of halogens is 1. The Morgan fingerprint density at radius 1 is 1.44 bits per heavy atom. The number of benzene rings is 1.